The van der Waals surface area contributed by atoms with Gasteiger partial charge in [-0.15, -0.1) is 0 Å². The van der Waals surface area contributed by atoms with Crippen LogP contribution in [0.4, 0.5) is 0 Å². The molecule has 135 valence electrons. The summed E-state index contributed by atoms with van der Waals surface area (Å²) in [7, 11) is -4.14. The van der Waals surface area contributed by atoms with Gasteiger partial charge in [0.25, 0.3) is 7.82 Å². The Bertz CT molecular complexity index is 265. The summed E-state index contributed by atoms with van der Waals surface area (Å²) < 4.78 is 21.9. The van der Waals surface area contributed by atoms with Crippen LogP contribution >= 0.6 is 7.82 Å². The average Bonchev–Trinajstić information content (AvgIpc) is 2.47. The van der Waals surface area contributed by atoms with E-state index in [0.717, 1.165) is 51.4 Å². The Morgan fingerprint density at radius 2 is 1.23 bits per heavy atom. The molecule has 0 heterocycles. The van der Waals surface area contributed by atoms with Crippen LogP contribution in [-0.2, 0) is 13.6 Å². The SMILES string of the molecule is CCCCC(CC)COP(=O)([O-])OCC(CC)CCCC.[Eu]. The van der Waals surface area contributed by atoms with Crippen LogP contribution in [0.15, 0.2) is 0 Å². The molecule has 0 amide bonds. The van der Waals surface area contributed by atoms with E-state index < -0.39 is 7.82 Å². The van der Waals surface area contributed by atoms with Gasteiger partial charge in [0.2, 0.25) is 0 Å². The molecule has 0 saturated heterocycles. The molecule has 1 radical (unpaired) electrons. The van der Waals surface area contributed by atoms with E-state index in [0.29, 0.717) is 11.8 Å². The second-order valence-electron chi connectivity index (χ2n) is 5.87. The molecule has 6 heteroatoms. The van der Waals surface area contributed by atoms with Crippen molar-refractivity contribution in [1.29, 1.82) is 0 Å². The first-order valence-electron chi connectivity index (χ1n) is 8.59. The molecule has 4 nitrogen and oxygen atoms in total. The van der Waals surface area contributed by atoms with Crippen LogP contribution in [0.25, 0.3) is 0 Å². The van der Waals surface area contributed by atoms with Crippen molar-refractivity contribution in [2.75, 3.05) is 13.2 Å². The van der Waals surface area contributed by atoms with Crippen LogP contribution in [-0.4, -0.2) is 13.2 Å². The second-order valence-corrected chi connectivity index (χ2v) is 7.28. The van der Waals surface area contributed by atoms with E-state index in [4.69, 9.17) is 9.05 Å². The molecule has 0 aromatic rings. The molecule has 0 rings (SSSR count). The van der Waals surface area contributed by atoms with E-state index in [1.54, 1.807) is 0 Å². The molecular formula is C16H34EuO4P-. The zero-order chi connectivity index (χ0) is 16.1. The summed E-state index contributed by atoms with van der Waals surface area (Å²) in [5.74, 6) is 0.607. The van der Waals surface area contributed by atoms with Crippen LogP contribution in [0.2, 0.25) is 0 Å². The fourth-order valence-electron chi connectivity index (χ4n) is 2.23. The van der Waals surface area contributed by atoms with Crippen molar-refractivity contribution in [1.82, 2.24) is 0 Å². The van der Waals surface area contributed by atoms with Crippen LogP contribution < -0.4 is 4.89 Å². The quantitative estimate of drug-likeness (QED) is 0.336. The van der Waals surface area contributed by atoms with E-state index in [-0.39, 0.29) is 62.6 Å². The topological polar surface area (TPSA) is 58.6 Å². The molecular weight excluding hydrogens is 439 g/mol. The molecule has 0 aromatic carbocycles. The fraction of sp³-hybridized carbons (Fsp3) is 1.00. The van der Waals surface area contributed by atoms with Crippen molar-refractivity contribution >= 4 is 7.82 Å². The molecule has 2 unspecified atom stereocenters. The minimum atomic E-state index is -4.14. The molecule has 22 heavy (non-hydrogen) atoms. The van der Waals surface area contributed by atoms with Gasteiger partial charge in [0, 0.05) is 49.4 Å². The van der Waals surface area contributed by atoms with Crippen molar-refractivity contribution in [2.45, 2.75) is 79.1 Å². The minimum Gasteiger partial charge on any atom is -0.756 e. The van der Waals surface area contributed by atoms with Gasteiger partial charge >= 0.3 is 0 Å². The van der Waals surface area contributed by atoms with Gasteiger partial charge in [0.1, 0.15) is 0 Å². The van der Waals surface area contributed by atoms with Crippen molar-refractivity contribution in [3.05, 3.63) is 0 Å². The maximum absolute atomic E-state index is 11.8. The number of hydrogen-bond donors (Lipinski definition) is 0. The van der Waals surface area contributed by atoms with Crippen LogP contribution in [0, 0.1) is 61.2 Å². The Morgan fingerprint density at radius 3 is 1.50 bits per heavy atom. The van der Waals surface area contributed by atoms with E-state index >= 15 is 0 Å². The van der Waals surface area contributed by atoms with Gasteiger partial charge < -0.3 is 13.9 Å². The maximum atomic E-state index is 11.8. The van der Waals surface area contributed by atoms with Gasteiger partial charge in [-0.05, 0) is 24.7 Å². The molecule has 0 saturated carbocycles. The number of hydrogen-bond acceptors (Lipinski definition) is 4. The summed E-state index contributed by atoms with van der Waals surface area (Å²) in [6, 6.07) is 0. The molecule has 0 spiro atoms. The fourth-order valence-corrected chi connectivity index (χ4v) is 3.09. The molecule has 0 aliphatic rings. The van der Waals surface area contributed by atoms with Crippen LogP contribution in [0.1, 0.15) is 79.1 Å². The monoisotopic (exact) mass is 474 g/mol. The van der Waals surface area contributed by atoms with E-state index in [1.165, 1.54) is 0 Å². The third-order valence-corrected chi connectivity index (χ3v) is 4.95. The minimum absolute atomic E-state index is 0. The van der Waals surface area contributed by atoms with E-state index in [9.17, 15) is 9.46 Å². The Balaban J connectivity index is 0. The average molecular weight is 473 g/mol. The third kappa shape index (κ3) is 14.1. The predicted octanol–water partition coefficient (Wildman–Crippen LogP) is 4.92. The van der Waals surface area contributed by atoms with Crippen molar-refractivity contribution < 1.29 is 67.9 Å². The summed E-state index contributed by atoms with van der Waals surface area (Å²) in [4.78, 5) is 11.8. The molecule has 0 aliphatic heterocycles. The molecule has 0 fully saturated rings. The van der Waals surface area contributed by atoms with Gasteiger partial charge in [0.15, 0.2) is 0 Å². The summed E-state index contributed by atoms with van der Waals surface area (Å²) in [5, 5.41) is 0. The maximum Gasteiger partial charge on any atom is 0.267 e. The van der Waals surface area contributed by atoms with Crippen LogP contribution in [0.3, 0.4) is 0 Å². The number of rotatable bonds is 14. The summed E-state index contributed by atoms with van der Waals surface area (Å²) in [6.45, 7) is 8.91. The van der Waals surface area contributed by atoms with Crippen molar-refractivity contribution in [3.63, 3.8) is 0 Å². The third-order valence-electron chi connectivity index (χ3n) is 4.02. The first-order valence-corrected chi connectivity index (χ1v) is 10.0. The van der Waals surface area contributed by atoms with Gasteiger partial charge in [-0.25, -0.2) is 0 Å². The van der Waals surface area contributed by atoms with E-state index in [1.807, 2.05) is 0 Å². The smallest absolute Gasteiger partial charge is 0.267 e. The van der Waals surface area contributed by atoms with Gasteiger partial charge in [-0.2, -0.15) is 0 Å². The predicted molar refractivity (Wildman–Crippen MR) is 86.1 cm³/mol. The summed E-state index contributed by atoms with van der Waals surface area (Å²) in [6.07, 6.45) is 8.38. The Morgan fingerprint density at radius 1 is 0.864 bits per heavy atom. The normalized spacial score (nSPS) is 16.6. The zero-order valence-corrected chi connectivity index (χ0v) is 18.0. The van der Waals surface area contributed by atoms with Crippen LogP contribution in [0.5, 0.6) is 0 Å². The molecule has 0 bridgehead atoms. The Labute approximate surface area is 178 Å². The van der Waals surface area contributed by atoms with Crippen molar-refractivity contribution in [2.24, 2.45) is 11.8 Å². The van der Waals surface area contributed by atoms with Crippen molar-refractivity contribution in [3.8, 4) is 0 Å². The molecule has 2 atom stereocenters. The number of unbranched alkanes of at least 4 members (excludes halogenated alkanes) is 2. The van der Waals surface area contributed by atoms with Gasteiger partial charge in [0.05, 0.1) is 13.2 Å². The standard InChI is InChI=1S/C16H35O4P.Eu/c1-5-9-11-15(7-3)13-19-21(17,18)20-14-16(8-4)12-10-6-2;/h15-16H,5-14H2,1-4H3,(H,17,18);/p-1. The first kappa shape index (κ1) is 25.9. The largest absolute Gasteiger partial charge is 0.756 e. The summed E-state index contributed by atoms with van der Waals surface area (Å²) in [5.41, 5.74) is 0. The molecule has 0 N–H and O–H groups in total. The van der Waals surface area contributed by atoms with E-state index in [2.05, 4.69) is 27.7 Å². The zero-order valence-electron chi connectivity index (χ0n) is 14.7. The number of phosphoric ester groups is 1. The number of phosphoric acid groups is 1. The Hall–Kier alpha value is 1.69. The van der Waals surface area contributed by atoms with Gasteiger partial charge in [-0.3, -0.25) is 4.57 Å². The Kier molecular flexibility index (Phi) is 19.1. The second kappa shape index (κ2) is 16.2. The summed E-state index contributed by atoms with van der Waals surface area (Å²) >= 11 is 0. The molecule has 0 aromatic heterocycles. The molecule has 0 aliphatic carbocycles. The first-order chi connectivity index (χ1) is 9.99. The van der Waals surface area contributed by atoms with Gasteiger partial charge in [-0.1, -0.05) is 66.2 Å².